The first kappa shape index (κ1) is 47.4. The number of rotatable bonds is 42. The first-order chi connectivity index (χ1) is 24.8. The van der Waals surface area contributed by atoms with Crippen molar-refractivity contribution in [3.63, 3.8) is 0 Å². The second-order valence-corrected chi connectivity index (χ2v) is 16.8. The molecule has 1 rings (SSSR count). The highest BCUT2D eigenvalue weighted by atomic mass is 15.4. The van der Waals surface area contributed by atoms with Crippen molar-refractivity contribution in [1.82, 2.24) is 9.80 Å². The second-order valence-electron chi connectivity index (χ2n) is 16.8. The van der Waals surface area contributed by atoms with E-state index in [0.29, 0.717) is 6.17 Å². The summed E-state index contributed by atoms with van der Waals surface area (Å²) in [4.78, 5) is 5.46. The van der Waals surface area contributed by atoms with Gasteiger partial charge in [0.2, 0.25) is 0 Å². The van der Waals surface area contributed by atoms with Gasteiger partial charge in [0, 0.05) is 25.5 Å². The lowest BCUT2D eigenvalue weighted by atomic mass is 10.0. The van der Waals surface area contributed by atoms with Crippen molar-refractivity contribution in [3.05, 3.63) is 12.4 Å². The Morgan fingerprint density at radius 3 is 0.700 bits per heavy atom. The Balaban J connectivity index is 2.16. The molecule has 0 fully saturated rings. The van der Waals surface area contributed by atoms with Crippen LogP contribution in [0, 0.1) is 0 Å². The molecule has 2 nitrogen and oxygen atoms in total. The SMILES string of the molecule is CCCCCCCCCCCCCCCCCCC1N(CCCCCCCCCC)C=CN1CCCCCCCCCCCCCCCCC. The topological polar surface area (TPSA) is 6.48 Å². The van der Waals surface area contributed by atoms with Gasteiger partial charge in [-0.25, -0.2) is 0 Å². The molecule has 0 saturated heterocycles. The molecule has 0 radical (unpaired) electrons. The molecule has 0 amide bonds. The Labute approximate surface area is 318 Å². The Bertz CT molecular complexity index is 659. The van der Waals surface area contributed by atoms with Crippen LogP contribution in [-0.2, 0) is 0 Å². The Morgan fingerprint density at radius 2 is 0.460 bits per heavy atom. The lowest BCUT2D eigenvalue weighted by Gasteiger charge is -2.33. The molecule has 1 aliphatic heterocycles. The molecule has 1 atom stereocenters. The highest BCUT2D eigenvalue weighted by Gasteiger charge is 2.24. The number of nitrogens with zero attached hydrogens (tertiary/aromatic N) is 2. The van der Waals surface area contributed by atoms with Crippen molar-refractivity contribution in [2.24, 2.45) is 0 Å². The number of unbranched alkanes of at least 4 members (excludes halogenated alkanes) is 36. The van der Waals surface area contributed by atoms with Crippen LogP contribution < -0.4 is 0 Å². The molecular formula is C48H96N2. The van der Waals surface area contributed by atoms with Crippen molar-refractivity contribution in [3.8, 4) is 0 Å². The summed E-state index contributed by atoms with van der Waals surface area (Å²) in [5.41, 5.74) is 0. The first-order valence-electron chi connectivity index (χ1n) is 24.0. The third kappa shape index (κ3) is 30.9. The lowest BCUT2D eigenvalue weighted by Crippen LogP contribution is -2.39. The molecule has 0 spiro atoms. The molecule has 0 aliphatic carbocycles. The summed E-state index contributed by atoms with van der Waals surface area (Å²) in [5, 5.41) is 0. The monoisotopic (exact) mass is 701 g/mol. The highest BCUT2D eigenvalue weighted by molar-refractivity contribution is 4.97. The van der Waals surface area contributed by atoms with Gasteiger partial charge in [-0.3, -0.25) is 0 Å². The van der Waals surface area contributed by atoms with Crippen molar-refractivity contribution in [2.75, 3.05) is 13.1 Å². The van der Waals surface area contributed by atoms with Crippen molar-refractivity contribution < 1.29 is 0 Å². The van der Waals surface area contributed by atoms with Gasteiger partial charge >= 0.3 is 0 Å². The molecule has 0 N–H and O–H groups in total. The predicted molar refractivity (Wildman–Crippen MR) is 228 cm³/mol. The fourth-order valence-electron chi connectivity index (χ4n) is 8.31. The van der Waals surface area contributed by atoms with E-state index in [0.717, 1.165) is 0 Å². The van der Waals surface area contributed by atoms with Gasteiger partial charge in [0.05, 0.1) is 0 Å². The van der Waals surface area contributed by atoms with Gasteiger partial charge in [-0.05, 0) is 25.7 Å². The van der Waals surface area contributed by atoms with Gasteiger partial charge in [0.25, 0.3) is 0 Å². The third-order valence-electron chi connectivity index (χ3n) is 11.8. The van der Waals surface area contributed by atoms with E-state index in [9.17, 15) is 0 Å². The second kappa shape index (κ2) is 39.5. The van der Waals surface area contributed by atoms with Crippen LogP contribution in [0.25, 0.3) is 0 Å². The molecule has 1 heterocycles. The minimum absolute atomic E-state index is 0.637. The van der Waals surface area contributed by atoms with Crippen LogP contribution in [0.3, 0.4) is 0 Å². The molecule has 50 heavy (non-hydrogen) atoms. The molecule has 0 aromatic carbocycles. The summed E-state index contributed by atoms with van der Waals surface area (Å²) < 4.78 is 0. The van der Waals surface area contributed by atoms with E-state index in [1.165, 1.54) is 270 Å². The summed E-state index contributed by atoms with van der Waals surface area (Å²) >= 11 is 0. The fraction of sp³-hybridized carbons (Fsp3) is 0.958. The number of hydrogen-bond acceptors (Lipinski definition) is 2. The van der Waals surface area contributed by atoms with Crippen LogP contribution in [0.4, 0.5) is 0 Å². The summed E-state index contributed by atoms with van der Waals surface area (Å²) in [6.07, 6.45) is 63.4. The van der Waals surface area contributed by atoms with Gasteiger partial charge in [-0.1, -0.05) is 252 Å². The zero-order valence-electron chi connectivity index (χ0n) is 35.3. The van der Waals surface area contributed by atoms with Gasteiger partial charge in [-0.2, -0.15) is 0 Å². The van der Waals surface area contributed by atoms with E-state index in [1.54, 1.807) is 0 Å². The minimum Gasteiger partial charge on any atom is -0.356 e. The molecule has 0 bridgehead atoms. The van der Waals surface area contributed by atoms with Gasteiger partial charge in [-0.15, -0.1) is 0 Å². The highest BCUT2D eigenvalue weighted by Crippen LogP contribution is 2.24. The molecule has 0 aromatic heterocycles. The van der Waals surface area contributed by atoms with Gasteiger partial charge in [0.15, 0.2) is 0 Å². The van der Waals surface area contributed by atoms with E-state index in [-0.39, 0.29) is 0 Å². The normalized spacial score (nSPS) is 14.5. The fourth-order valence-corrected chi connectivity index (χ4v) is 8.31. The molecule has 0 aromatic rings. The zero-order valence-corrected chi connectivity index (χ0v) is 35.3. The smallest absolute Gasteiger partial charge is 0.101 e. The maximum Gasteiger partial charge on any atom is 0.101 e. The summed E-state index contributed by atoms with van der Waals surface area (Å²) in [5.74, 6) is 0. The first-order valence-corrected chi connectivity index (χ1v) is 24.0. The van der Waals surface area contributed by atoms with Crippen molar-refractivity contribution >= 4 is 0 Å². The molecular weight excluding hydrogens is 605 g/mol. The van der Waals surface area contributed by atoms with E-state index < -0.39 is 0 Å². The van der Waals surface area contributed by atoms with Gasteiger partial charge in [0.1, 0.15) is 6.17 Å². The van der Waals surface area contributed by atoms with Crippen LogP contribution in [0.2, 0.25) is 0 Å². The van der Waals surface area contributed by atoms with E-state index in [4.69, 9.17) is 0 Å². The van der Waals surface area contributed by atoms with Crippen LogP contribution in [0.15, 0.2) is 12.4 Å². The Hall–Kier alpha value is -0.660. The summed E-state index contributed by atoms with van der Waals surface area (Å²) in [7, 11) is 0. The van der Waals surface area contributed by atoms with Crippen LogP contribution in [-0.4, -0.2) is 29.1 Å². The largest absolute Gasteiger partial charge is 0.356 e. The zero-order chi connectivity index (χ0) is 35.8. The number of hydrogen-bond donors (Lipinski definition) is 0. The summed E-state index contributed by atoms with van der Waals surface area (Å²) in [6.45, 7) is 9.49. The van der Waals surface area contributed by atoms with Crippen molar-refractivity contribution in [1.29, 1.82) is 0 Å². The van der Waals surface area contributed by atoms with Crippen LogP contribution >= 0.6 is 0 Å². The molecule has 1 aliphatic rings. The van der Waals surface area contributed by atoms with E-state index >= 15 is 0 Å². The molecule has 1 unspecified atom stereocenters. The standard InChI is InChI=1S/C48H96N2/c1-4-7-10-13-16-19-21-23-25-26-28-30-32-34-37-40-43-48-49(44-41-38-35-18-15-12-9-6-3)46-47-50(48)45-42-39-36-33-31-29-27-24-22-20-17-14-11-8-5-2/h46-48H,4-45H2,1-3H3. The maximum absolute atomic E-state index is 2.73. The van der Waals surface area contributed by atoms with E-state index in [2.05, 4.69) is 43.0 Å². The Morgan fingerprint density at radius 1 is 0.260 bits per heavy atom. The van der Waals surface area contributed by atoms with E-state index in [1.807, 2.05) is 0 Å². The maximum atomic E-state index is 2.73. The van der Waals surface area contributed by atoms with Crippen LogP contribution in [0.5, 0.6) is 0 Å². The minimum atomic E-state index is 0.637. The average Bonchev–Trinajstić information content (AvgIpc) is 3.51. The van der Waals surface area contributed by atoms with Gasteiger partial charge < -0.3 is 9.80 Å². The van der Waals surface area contributed by atoms with Crippen LogP contribution in [0.1, 0.15) is 278 Å². The molecule has 0 saturated carbocycles. The molecule has 298 valence electrons. The lowest BCUT2D eigenvalue weighted by molar-refractivity contribution is 0.135. The third-order valence-corrected chi connectivity index (χ3v) is 11.8. The predicted octanol–water partition coefficient (Wildman–Crippen LogP) is 17.1. The summed E-state index contributed by atoms with van der Waals surface area (Å²) in [6, 6.07) is 0. The van der Waals surface area contributed by atoms with Crippen molar-refractivity contribution in [2.45, 2.75) is 284 Å². The molecule has 2 heteroatoms. The quantitative estimate of drug-likeness (QED) is 0.0585. The Kier molecular flexibility index (Phi) is 37.5. The average molecular weight is 701 g/mol.